The number of ketones is 1. The Hall–Kier alpha value is -2.04. The Morgan fingerprint density at radius 2 is 2.00 bits per heavy atom. The van der Waals surface area contributed by atoms with Gasteiger partial charge < -0.3 is 17.6 Å². The van der Waals surface area contributed by atoms with Gasteiger partial charge in [0.1, 0.15) is 0 Å². The zero-order valence-corrected chi connectivity index (χ0v) is 15.8. The van der Waals surface area contributed by atoms with Crippen molar-refractivity contribution in [1.82, 2.24) is 0 Å². The number of Topliss-reactive ketones (excluding diaryl/α,β-unsaturated/α-hetero) is 1. The maximum absolute atomic E-state index is 13.1. The van der Waals surface area contributed by atoms with Crippen LogP contribution in [0.1, 0.15) is 35.3 Å². The van der Waals surface area contributed by atoms with Crippen LogP contribution in [0.15, 0.2) is 66.4 Å². The molecule has 1 heterocycles. The van der Waals surface area contributed by atoms with Crippen molar-refractivity contribution in [2.75, 3.05) is 6.54 Å². The summed E-state index contributed by atoms with van der Waals surface area (Å²) in [6.07, 6.45) is 7.47. The fourth-order valence-corrected chi connectivity index (χ4v) is 3.05. The molecule has 0 unspecified atom stereocenters. The second-order valence-corrected chi connectivity index (χ2v) is 6.44. The van der Waals surface area contributed by atoms with E-state index in [2.05, 4.69) is 18.5 Å². The molecule has 130 valence electrons. The SMILES string of the molecule is C=CCN=C([S-])[C@@H](C(=O)c1ccccc1Cl)[n+]1ccc(CCC)cc1. The van der Waals surface area contributed by atoms with Crippen molar-refractivity contribution in [2.45, 2.75) is 25.8 Å². The lowest BCUT2D eigenvalue weighted by Gasteiger charge is -2.19. The van der Waals surface area contributed by atoms with Crippen LogP contribution in [0, 0.1) is 0 Å². The number of hydrogen-bond donors (Lipinski definition) is 0. The average molecular weight is 373 g/mol. The summed E-state index contributed by atoms with van der Waals surface area (Å²) < 4.78 is 1.79. The number of nitrogens with zero attached hydrogens (tertiary/aromatic N) is 2. The zero-order chi connectivity index (χ0) is 18.2. The van der Waals surface area contributed by atoms with Gasteiger partial charge in [0, 0.05) is 17.7 Å². The molecular weight excluding hydrogens is 352 g/mol. The fourth-order valence-electron chi connectivity index (χ4n) is 2.52. The van der Waals surface area contributed by atoms with Gasteiger partial charge in [-0.15, -0.1) is 6.58 Å². The Bertz CT molecular complexity index is 772. The van der Waals surface area contributed by atoms with Gasteiger partial charge >= 0.3 is 0 Å². The molecule has 2 aromatic rings. The third-order valence-corrected chi connectivity index (χ3v) is 4.44. The first-order valence-electron chi connectivity index (χ1n) is 8.19. The largest absolute Gasteiger partial charge is 0.758 e. The predicted molar refractivity (Wildman–Crippen MR) is 105 cm³/mol. The molecule has 1 aromatic carbocycles. The minimum absolute atomic E-state index is 0.170. The third-order valence-electron chi connectivity index (χ3n) is 3.76. The molecule has 0 aliphatic heterocycles. The van der Waals surface area contributed by atoms with E-state index in [1.807, 2.05) is 24.5 Å². The Kier molecular flexibility index (Phi) is 7.29. The quantitative estimate of drug-likeness (QED) is 0.174. The van der Waals surface area contributed by atoms with Crippen LogP contribution in [0.5, 0.6) is 0 Å². The van der Waals surface area contributed by atoms with Gasteiger partial charge in [-0.3, -0.25) is 4.79 Å². The third kappa shape index (κ3) is 4.97. The molecule has 0 saturated heterocycles. The van der Waals surface area contributed by atoms with Gasteiger partial charge in [0.15, 0.2) is 12.4 Å². The maximum atomic E-state index is 13.1. The number of halogens is 1. The highest BCUT2D eigenvalue weighted by Gasteiger charge is 2.29. The van der Waals surface area contributed by atoms with Crippen molar-refractivity contribution in [1.29, 1.82) is 0 Å². The highest BCUT2D eigenvalue weighted by molar-refractivity contribution is 7.77. The molecule has 0 N–H and O–H groups in total. The minimum Gasteiger partial charge on any atom is -0.758 e. The van der Waals surface area contributed by atoms with Gasteiger partial charge in [0.05, 0.1) is 11.6 Å². The molecule has 0 bridgehead atoms. The van der Waals surface area contributed by atoms with E-state index in [1.54, 1.807) is 34.9 Å². The lowest BCUT2D eigenvalue weighted by atomic mass is 10.0. The topological polar surface area (TPSA) is 33.3 Å². The summed E-state index contributed by atoms with van der Waals surface area (Å²) in [6.45, 7) is 6.16. The molecule has 0 fully saturated rings. The fraction of sp³-hybridized carbons (Fsp3) is 0.250. The predicted octanol–water partition coefficient (Wildman–Crippen LogP) is 4.14. The number of aromatic nitrogens is 1. The van der Waals surface area contributed by atoms with E-state index in [-0.39, 0.29) is 5.78 Å². The molecule has 0 aliphatic rings. The van der Waals surface area contributed by atoms with Crippen LogP contribution in [0.3, 0.4) is 0 Å². The van der Waals surface area contributed by atoms with E-state index in [0.717, 1.165) is 12.8 Å². The van der Waals surface area contributed by atoms with Crippen LogP contribution in [-0.2, 0) is 19.0 Å². The molecule has 0 radical (unpaired) electrons. The number of hydrogen-bond acceptors (Lipinski definition) is 3. The van der Waals surface area contributed by atoms with Crippen molar-refractivity contribution in [2.24, 2.45) is 4.99 Å². The molecule has 0 aliphatic carbocycles. The normalized spacial score (nSPS) is 12.6. The van der Waals surface area contributed by atoms with Crippen molar-refractivity contribution in [3.05, 3.63) is 77.6 Å². The van der Waals surface area contributed by atoms with Crippen LogP contribution in [0.4, 0.5) is 0 Å². The first-order valence-corrected chi connectivity index (χ1v) is 8.97. The number of carbonyl (C=O) groups is 1. The molecule has 0 amide bonds. The molecule has 1 atom stereocenters. The van der Waals surface area contributed by atoms with Crippen molar-refractivity contribution in [3.63, 3.8) is 0 Å². The van der Waals surface area contributed by atoms with E-state index >= 15 is 0 Å². The number of pyridine rings is 1. The minimum atomic E-state index is -0.703. The Morgan fingerprint density at radius 3 is 2.60 bits per heavy atom. The van der Waals surface area contributed by atoms with Gasteiger partial charge in [0.25, 0.3) is 0 Å². The van der Waals surface area contributed by atoms with Gasteiger partial charge in [0.2, 0.25) is 11.8 Å². The van der Waals surface area contributed by atoms with Gasteiger partial charge in [-0.25, -0.2) is 0 Å². The number of aliphatic imine (C=N–C) groups is 1. The van der Waals surface area contributed by atoms with E-state index < -0.39 is 6.04 Å². The van der Waals surface area contributed by atoms with Crippen LogP contribution in [0.25, 0.3) is 0 Å². The molecule has 0 saturated carbocycles. The maximum Gasteiger partial charge on any atom is 0.237 e. The van der Waals surface area contributed by atoms with E-state index in [9.17, 15) is 4.79 Å². The Morgan fingerprint density at radius 1 is 1.32 bits per heavy atom. The summed E-state index contributed by atoms with van der Waals surface area (Å²) >= 11 is 11.6. The van der Waals surface area contributed by atoms with Crippen molar-refractivity contribution >= 4 is 35.1 Å². The van der Waals surface area contributed by atoms with E-state index in [4.69, 9.17) is 24.2 Å². The van der Waals surface area contributed by atoms with Crippen molar-refractivity contribution < 1.29 is 9.36 Å². The highest BCUT2D eigenvalue weighted by atomic mass is 35.5. The standard InChI is InChI=1S/C20H21ClN2OS/c1-3-7-15-10-13-23(14-11-15)18(20(25)22-12-4-2)19(24)16-8-5-6-9-17(16)21/h4-6,8-11,13-14,18H,2-3,7,12H2,1H3/t18-/m1/s1. The second-order valence-electron chi connectivity index (χ2n) is 5.62. The zero-order valence-electron chi connectivity index (χ0n) is 14.2. The van der Waals surface area contributed by atoms with Gasteiger partial charge in [-0.1, -0.05) is 43.2 Å². The Balaban J connectivity index is 2.44. The lowest BCUT2D eigenvalue weighted by Crippen LogP contribution is -2.47. The van der Waals surface area contributed by atoms with Crippen LogP contribution >= 0.6 is 11.6 Å². The van der Waals surface area contributed by atoms with E-state index in [0.29, 0.717) is 22.2 Å². The average Bonchev–Trinajstić information content (AvgIpc) is 2.62. The number of carbonyl (C=O) groups excluding carboxylic acids is 1. The van der Waals surface area contributed by atoms with Crippen LogP contribution in [0.2, 0.25) is 5.02 Å². The van der Waals surface area contributed by atoms with Crippen LogP contribution < -0.4 is 4.57 Å². The summed E-state index contributed by atoms with van der Waals surface area (Å²) in [7, 11) is 0. The monoisotopic (exact) mass is 372 g/mol. The molecular formula is C20H21ClN2OS. The van der Waals surface area contributed by atoms with E-state index in [1.165, 1.54) is 5.56 Å². The second kappa shape index (κ2) is 9.44. The van der Waals surface area contributed by atoms with Gasteiger partial charge in [-0.2, -0.15) is 4.57 Å². The lowest BCUT2D eigenvalue weighted by molar-refractivity contribution is -0.692. The Labute approximate surface area is 159 Å². The summed E-state index contributed by atoms with van der Waals surface area (Å²) in [6, 6.07) is 10.3. The molecule has 0 spiro atoms. The number of aryl methyl sites for hydroxylation is 1. The highest BCUT2D eigenvalue weighted by Crippen LogP contribution is 2.20. The molecule has 2 rings (SSSR count). The summed E-state index contributed by atoms with van der Waals surface area (Å²) in [5.74, 6) is -0.170. The van der Waals surface area contributed by atoms with Crippen molar-refractivity contribution in [3.8, 4) is 0 Å². The summed E-state index contributed by atoms with van der Waals surface area (Å²) in [5, 5.41) is 0.727. The number of benzene rings is 1. The first kappa shape index (κ1) is 19.3. The molecule has 1 aromatic heterocycles. The first-order chi connectivity index (χ1) is 12.1. The summed E-state index contributed by atoms with van der Waals surface area (Å²) in [5.41, 5.74) is 1.66. The van der Waals surface area contributed by atoms with Crippen LogP contribution in [-0.4, -0.2) is 17.4 Å². The smallest absolute Gasteiger partial charge is 0.237 e. The number of rotatable bonds is 8. The van der Waals surface area contributed by atoms with Gasteiger partial charge in [-0.05, 0) is 29.2 Å². The molecule has 3 nitrogen and oxygen atoms in total. The molecule has 5 heteroatoms. The summed E-state index contributed by atoms with van der Waals surface area (Å²) in [4.78, 5) is 17.4. The molecule has 25 heavy (non-hydrogen) atoms.